The van der Waals surface area contributed by atoms with Gasteiger partial charge in [0, 0.05) is 6.20 Å². The van der Waals surface area contributed by atoms with E-state index in [9.17, 15) is 14.7 Å². The summed E-state index contributed by atoms with van der Waals surface area (Å²) in [5, 5.41) is 9.39. The molecule has 2 rings (SSSR count). The van der Waals surface area contributed by atoms with E-state index in [0.29, 0.717) is 5.75 Å². The highest BCUT2D eigenvalue weighted by atomic mass is 16.5. The van der Waals surface area contributed by atoms with Gasteiger partial charge in [0.1, 0.15) is 19.0 Å². The van der Waals surface area contributed by atoms with Crippen LogP contribution in [-0.2, 0) is 11.3 Å². The molecule has 0 atom stereocenters. The number of carbonyl (C=O) groups excluding carboxylic acids is 1. The number of allylic oxidation sites excluding steroid dienone is 3. The number of benzene rings is 1. The molecule has 1 aromatic heterocycles. The fourth-order valence-corrected chi connectivity index (χ4v) is 2.78. The van der Waals surface area contributed by atoms with Crippen molar-refractivity contribution >= 4 is 11.9 Å². The third kappa shape index (κ3) is 7.91. The van der Waals surface area contributed by atoms with Crippen LogP contribution in [0.5, 0.6) is 11.5 Å². The maximum absolute atomic E-state index is 12.4. The number of esters is 1. The van der Waals surface area contributed by atoms with Crippen LogP contribution in [-0.4, -0.2) is 35.7 Å². The lowest BCUT2D eigenvalue weighted by Crippen LogP contribution is -2.11. The van der Waals surface area contributed by atoms with Crippen molar-refractivity contribution in [2.75, 3.05) is 13.7 Å². The van der Waals surface area contributed by atoms with Gasteiger partial charge in [0.15, 0.2) is 11.4 Å². The summed E-state index contributed by atoms with van der Waals surface area (Å²) in [6.07, 6.45) is 7.02. The van der Waals surface area contributed by atoms with Crippen LogP contribution in [0.15, 0.2) is 59.8 Å². The molecule has 2 aromatic rings. The van der Waals surface area contributed by atoms with Crippen LogP contribution in [0.4, 0.5) is 0 Å². The van der Waals surface area contributed by atoms with Gasteiger partial charge < -0.3 is 19.3 Å². The monoisotopic (exact) mass is 439 g/mol. The van der Waals surface area contributed by atoms with Crippen molar-refractivity contribution < 1.29 is 28.9 Å². The number of pyridine rings is 1. The average Bonchev–Trinajstić information content (AvgIpc) is 2.77. The summed E-state index contributed by atoms with van der Waals surface area (Å²) in [5.41, 5.74) is 3.01. The van der Waals surface area contributed by atoms with Crippen LogP contribution in [0.1, 0.15) is 60.0 Å². The normalized spacial score (nSPS) is 10.9. The predicted octanol–water partition coefficient (Wildman–Crippen LogP) is 5.22. The predicted molar refractivity (Wildman–Crippen MR) is 121 cm³/mol. The minimum atomic E-state index is -1.25. The summed E-state index contributed by atoms with van der Waals surface area (Å²) in [6.45, 7) is 6.31. The first-order valence-corrected chi connectivity index (χ1v) is 10.2. The molecule has 0 aliphatic carbocycles. The summed E-state index contributed by atoms with van der Waals surface area (Å²) < 4.78 is 16.1. The maximum atomic E-state index is 12.4. The van der Waals surface area contributed by atoms with Gasteiger partial charge in [0.25, 0.3) is 0 Å². The van der Waals surface area contributed by atoms with Crippen molar-refractivity contribution in [2.45, 2.75) is 40.2 Å². The molecule has 0 fully saturated rings. The third-order valence-corrected chi connectivity index (χ3v) is 4.56. The lowest BCUT2D eigenvalue weighted by atomic mass is 10.1. The van der Waals surface area contributed by atoms with Gasteiger partial charge >= 0.3 is 11.9 Å². The minimum Gasteiger partial charge on any atom is -0.497 e. The molecule has 170 valence electrons. The van der Waals surface area contributed by atoms with Crippen LogP contribution in [0.2, 0.25) is 0 Å². The lowest BCUT2D eigenvalue weighted by molar-refractivity contribution is 0.0545. The molecule has 0 saturated heterocycles. The summed E-state index contributed by atoms with van der Waals surface area (Å²) in [7, 11) is 1.56. The first-order valence-electron chi connectivity index (χ1n) is 10.2. The molecular formula is C25H29NO6. The molecule has 0 aliphatic rings. The Morgan fingerprint density at radius 1 is 1.12 bits per heavy atom. The minimum absolute atomic E-state index is 0.0109. The standard InChI is InChI=1S/C25H29NO6/c1-17(2)7-5-8-18(3)11-12-31-25(29)20-14-22(23(24(27)28)26-15-20)32-16-19-9-6-10-21(13-19)30-4/h6-7,9-11,13-15H,5,8,12,16H2,1-4H3,(H,27,28)/b18-11+. The molecule has 0 radical (unpaired) electrons. The topological polar surface area (TPSA) is 95.0 Å². The van der Waals surface area contributed by atoms with Crippen molar-refractivity contribution in [3.63, 3.8) is 0 Å². The number of carboxylic acid groups (broad SMARTS) is 1. The molecule has 1 aromatic carbocycles. The van der Waals surface area contributed by atoms with Gasteiger partial charge in [-0.15, -0.1) is 0 Å². The summed E-state index contributed by atoms with van der Waals surface area (Å²) in [4.78, 5) is 27.8. The van der Waals surface area contributed by atoms with Crippen molar-refractivity contribution in [1.82, 2.24) is 4.98 Å². The van der Waals surface area contributed by atoms with Crippen LogP contribution < -0.4 is 9.47 Å². The highest BCUT2D eigenvalue weighted by molar-refractivity contribution is 5.93. The first kappa shape index (κ1) is 24.7. The van der Waals surface area contributed by atoms with E-state index in [1.165, 1.54) is 17.8 Å². The smallest absolute Gasteiger partial charge is 0.358 e. The number of methoxy groups -OCH3 is 1. The number of rotatable bonds is 11. The van der Waals surface area contributed by atoms with Crippen molar-refractivity contribution in [3.05, 3.63) is 76.6 Å². The highest BCUT2D eigenvalue weighted by Gasteiger charge is 2.18. The molecule has 7 heteroatoms. The Balaban J connectivity index is 2.04. The first-order chi connectivity index (χ1) is 15.3. The van der Waals surface area contributed by atoms with E-state index in [2.05, 4.69) is 24.9 Å². The van der Waals surface area contributed by atoms with E-state index in [0.717, 1.165) is 24.0 Å². The number of aromatic nitrogens is 1. The zero-order valence-electron chi connectivity index (χ0n) is 18.9. The average molecular weight is 440 g/mol. The number of nitrogens with zero attached hydrogens (tertiary/aromatic N) is 1. The van der Waals surface area contributed by atoms with Crippen molar-refractivity contribution in [1.29, 1.82) is 0 Å². The largest absolute Gasteiger partial charge is 0.497 e. The van der Waals surface area contributed by atoms with Crippen LogP contribution in [0, 0.1) is 0 Å². The van der Waals surface area contributed by atoms with Gasteiger partial charge in [-0.2, -0.15) is 0 Å². The van der Waals surface area contributed by atoms with E-state index in [1.54, 1.807) is 25.3 Å². The second-order valence-electron chi connectivity index (χ2n) is 7.49. The van der Waals surface area contributed by atoms with E-state index >= 15 is 0 Å². The van der Waals surface area contributed by atoms with E-state index < -0.39 is 11.9 Å². The van der Waals surface area contributed by atoms with Crippen LogP contribution >= 0.6 is 0 Å². The summed E-state index contributed by atoms with van der Waals surface area (Å²) in [6, 6.07) is 8.53. The SMILES string of the molecule is COc1cccc(COc2cc(C(=O)OC/C=C(\C)CCC=C(C)C)cnc2C(=O)O)c1. The van der Waals surface area contributed by atoms with Crippen molar-refractivity contribution in [2.24, 2.45) is 0 Å². The van der Waals surface area contributed by atoms with E-state index in [4.69, 9.17) is 14.2 Å². The van der Waals surface area contributed by atoms with E-state index in [1.807, 2.05) is 19.1 Å². The van der Waals surface area contributed by atoms with Gasteiger partial charge in [-0.1, -0.05) is 29.4 Å². The zero-order chi connectivity index (χ0) is 23.5. The molecule has 1 heterocycles. The molecule has 32 heavy (non-hydrogen) atoms. The van der Waals surface area contributed by atoms with E-state index in [-0.39, 0.29) is 30.2 Å². The second kappa shape index (κ2) is 12.3. The molecule has 0 amide bonds. The quantitative estimate of drug-likeness (QED) is 0.379. The van der Waals surface area contributed by atoms with Gasteiger partial charge in [-0.05, 0) is 63.5 Å². The van der Waals surface area contributed by atoms with Gasteiger partial charge in [0.2, 0.25) is 0 Å². The number of hydrogen-bond donors (Lipinski definition) is 1. The molecule has 1 N–H and O–H groups in total. The Morgan fingerprint density at radius 3 is 2.59 bits per heavy atom. The Morgan fingerprint density at radius 2 is 1.91 bits per heavy atom. The molecule has 0 bridgehead atoms. The molecular weight excluding hydrogens is 410 g/mol. The third-order valence-electron chi connectivity index (χ3n) is 4.56. The van der Waals surface area contributed by atoms with Crippen LogP contribution in [0.3, 0.4) is 0 Å². The number of ether oxygens (including phenoxy) is 3. The molecule has 7 nitrogen and oxygen atoms in total. The van der Waals surface area contributed by atoms with Crippen LogP contribution in [0.25, 0.3) is 0 Å². The van der Waals surface area contributed by atoms with Crippen molar-refractivity contribution in [3.8, 4) is 11.5 Å². The fraction of sp³-hybridized carbons (Fsp3) is 0.320. The number of carboxylic acids is 1. The Bertz CT molecular complexity index is 1010. The number of hydrogen-bond acceptors (Lipinski definition) is 6. The van der Waals surface area contributed by atoms with Gasteiger partial charge in [0.05, 0.1) is 12.7 Å². The Kier molecular flexibility index (Phi) is 9.47. The van der Waals surface area contributed by atoms with Gasteiger partial charge in [-0.25, -0.2) is 14.6 Å². The summed E-state index contributed by atoms with van der Waals surface area (Å²) >= 11 is 0. The molecule has 0 aliphatic heterocycles. The maximum Gasteiger partial charge on any atom is 0.358 e. The lowest BCUT2D eigenvalue weighted by Gasteiger charge is -2.11. The Labute approximate surface area is 188 Å². The Hall–Kier alpha value is -3.61. The fourth-order valence-electron chi connectivity index (χ4n) is 2.78. The molecule has 0 saturated carbocycles. The second-order valence-corrected chi connectivity index (χ2v) is 7.49. The zero-order valence-corrected chi connectivity index (χ0v) is 18.9. The highest BCUT2D eigenvalue weighted by Crippen LogP contribution is 2.21. The number of aromatic carboxylic acids is 1. The summed E-state index contributed by atoms with van der Waals surface area (Å²) in [5.74, 6) is -1.21. The van der Waals surface area contributed by atoms with Gasteiger partial charge in [-0.3, -0.25) is 0 Å². The molecule has 0 spiro atoms. The molecule has 0 unspecified atom stereocenters. The number of carbonyl (C=O) groups is 2.